The quantitative estimate of drug-likeness (QED) is 0.787. The zero-order valence-electron chi connectivity index (χ0n) is 7.73. The highest BCUT2D eigenvalue weighted by Crippen LogP contribution is 2.07. The Morgan fingerprint density at radius 3 is 2.50 bits per heavy atom. The van der Waals surface area contributed by atoms with E-state index in [1.807, 2.05) is 18.2 Å². The van der Waals surface area contributed by atoms with Gasteiger partial charge < -0.3 is 5.11 Å². The topological polar surface area (TPSA) is 61.1 Å². The molecule has 0 radical (unpaired) electrons. The van der Waals surface area contributed by atoms with Gasteiger partial charge in [-0.05, 0) is 30.5 Å². The lowest BCUT2D eigenvalue weighted by Gasteiger charge is -1.98. The molecule has 0 heterocycles. The third-order valence-electron chi connectivity index (χ3n) is 1.94. The molecule has 3 nitrogen and oxygen atoms in total. The second-order valence-corrected chi connectivity index (χ2v) is 3.06. The van der Waals surface area contributed by atoms with Crippen molar-refractivity contribution in [2.24, 2.45) is 0 Å². The van der Waals surface area contributed by atoms with E-state index in [-0.39, 0.29) is 6.42 Å². The van der Waals surface area contributed by atoms with Gasteiger partial charge in [0.1, 0.15) is 0 Å². The second-order valence-electron chi connectivity index (χ2n) is 3.06. The normalized spacial score (nSPS) is 9.36. The fourth-order valence-electron chi connectivity index (χ4n) is 1.19. The van der Waals surface area contributed by atoms with Gasteiger partial charge in [-0.25, -0.2) is 0 Å². The Balaban J connectivity index is 2.45. The van der Waals surface area contributed by atoms with Gasteiger partial charge in [0.2, 0.25) is 0 Å². The van der Waals surface area contributed by atoms with E-state index >= 15 is 0 Å². The molecule has 0 aliphatic carbocycles. The summed E-state index contributed by atoms with van der Waals surface area (Å²) in [4.78, 5) is 10.2. The van der Waals surface area contributed by atoms with Gasteiger partial charge in [-0.15, -0.1) is 0 Å². The van der Waals surface area contributed by atoms with Crippen LogP contribution in [0, 0.1) is 11.3 Å². The molecule has 14 heavy (non-hydrogen) atoms. The summed E-state index contributed by atoms with van der Waals surface area (Å²) in [6, 6.07) is 9.25. The number of nitrogens with zero attached hydrogens (tertiary/aromatic N) is 1. The summed E-state index contributed by atoms with van der Waals surface area (Å²) in [6.45, 7) is 0. The minimum Gasteiger partial charge on any atom is -0.481 e. The first-order valence-electron chi connectivity index (χ1n) is 4.43. The number of rotatable bonds is 4. The van der Waals surface area contributed by atoms with Gasteiger partial charge in [0.15, 0.2) is 0 Å². The fraction of sp³-hybridized carbons (Fsp3) is 0.273. The van der Waals surface area contributed by atoms with Crippen LogP contribution in [0.3, 0.4) is 0 Å². The first-order valence-corrected chi connectivity index (χ1v) is 4.43. The Hall–Kier alpha value is -1.82. The molecular weight excluding hydrogens is 178 g/mol. The lowest BCUT2D eigenvalue weighted by atomic mass is 10.1. The lowest BCUT2D eigenvalue weighted by molar-refractivity contribution is -0.137. The van der Waals surface area contributed by atoms with Crippen molar-refractivity contribution >= 4 is 5.97 Å². The van der Waals surface area contributed by atoms with Gasteiger partial charge in [0, 0.05) is 6.42 Å². The Morgan fingerprint density at radius 2 is 2.00 bits per heavy atom. The van der Waals surface area contributed by atoms with Crippen LogP contribution in [0.1, 0.15) is 24.0 Å². The molecule has 72 valence electrons. The molecular formula is C11H11NO2. The van der Waals surface area contributed by atoms with Crippen molar-refractivity contribution in [3.63, 3.8) is 0 Å². The van der Waals surface area contributed by atoms with E-state index in [0.717, 1.165) is 12.0 Å². The van der Waals surface area contributed by atoms with Crippen molar-refractivity contribution in [2.45, 2.75) is 19.3 Å². The number of hydrogen-bond donors (Lipinski definition) is 1. The first-order chi connectivity index (χ1) is 6.72. The number of benzene rings is 1. The number of aliphatic carboxylic acids is 1. The van der Waals surface area contributed by atoms with Crippen LogP contribution in [-0.2, 0) is 11.2 Å². The standard InChI is InChI=1S/C11H11NO2/c12-8-10-6-4-9(5-7-10)2-1-3-11(13)14/h4-7H,1-3H2,(H,13,14). The predicted octanol–water partition coefficient (Wildman–Crippen LogP) is 1.97. The van der Waals surface area contributed by atoms with Crippen LogP contribution in [0.15, 0.2) is 24.3 Å². The van der Waals surface area contributed by atoms with E-state index in [0.29, 0.717) is 12.0 Å². The monoisotopic (exact) mass is 189 g/mol. The van der Waals surface area contributed by atoms with Crippen molar-refractivity contribution < 1.29 is 9.90 Å². The van der Waals surface area contributed by atoms with Crippen molar-refractivity contribution in [2.75, 3.05) is 0 Å². The van der Waals surface area contributed by atoms with E-state index in [1.165, 1.54) is 0 Å². The zero-order chi connectivity index (χ0) is 10.4. The maximum absolute atomic E-state index is 10.2. The summed E-state index contributed by atoms with van der Waals surface area (Å²) in [5.41, 5.74) is 1.71. The summed E-state index contributed by atoms with van der Waals surface area (Å²) >= 11 is 0. The number of carbonyl (C=O) groups is 1. The summed E-state index contributed by atoms with van der Waals surface area (Å²) in [7, 11) is 0. The maximum Gasteiger partial charge on any atom is 0.303 e. The Morgan fingerprint density at radius 1 is 1.36 bits per heavy atom. The van der Waals surface area contributed by atoms with E-state index in [9.17, 15) is 4.79 Å². The SMILES string of the molecule is N#Cc1ccc(CCCC(=O)O)cc1. The summed E-state index contributed by atoms with van der Waals surface area (Å²) in [5.74, 6) is -0.765. The van der Waals surface area contributed by atoms with Gasteiger partial charge >= 0.3 is 5.97 Å². The first kappa shape index (κ1) is 10.3. The fourth-order valence-corrected chi connectivity index (χ4v) is 1.19. The largest absolute Gasteiger partial charge is 0.481 e. The van der Waals surface area contributed by atoms with Gasteiger partial charge in [-0.2, -0.15) is 5.26 Å². The molecule has 1 N–H and O–H groups in total. The molecule has 0 spiro atoms. The maximum atomic E-state index is 10.2. The lowest BCUT2D eigenvalue weighted by Crippen LogP contribution is -1.95. The van der Waals surface area contributed by atoms with Crippen LogP contribution in [0.4, 0.5) is 0 Å². The molecule has 3 heteroatoms. The number of carboxylic acid groups (broad SMARTS) is 1. The molecule has 0 atom stereocenters. The van der Waals surface area contributed by atoms with Crippen molar-refractivity contribution in [1.29, 1.82) is 5.26 Å². The third kappa shape index (κ3) is 3.28. The van der Waals surface area contributed by atoms with Crippen LogP contribution in [0.25, 0.3) is 0 Å². The zero-order valence-corrected chi connectivity index (χ0v) is 7.73. The Kier molecular flexibility index (Phi) is 3.69. The molecule has 0 aliphatic heterocycles. The van der Waals surface area contributed by atoms with Crippen LogP contribution in [0.5, 0.6) is 0 Å². The minimum absolute atomic E-state index is 0.194. The van der Waals surface area contributed by atoms with Crippen LogP contribution in [0.2, 0.25) is 0 Å². The molecule has 0 aromatic heterocycles. The van der Waals surface area contributed by atoms with Crippen LogP contribution in [-0.4, -0.2) is 11.1 Å². The van der Waals surface area contributed by atoms with E-state index in [4.69, 9.17) is 10.4 Å². The van der Waals surface area contributed by atoms with Gasteiger partial charge in [-0.3, -0.25) is 4.79 Å². The van der Waals surface area contributed by atoms with Crippen molar-refractivity contribution in [1.82, 2.24) is 0 Å². The van der Waals surface area contributed by atoms with E-state index in [1.54, 1.807) is 12.1 Å². The third-order valence-corrected chi connectivity index (χ3v) is 1.94. The van der Waals surface area contributed by atoms with Crippen LogP contribution < -0.4 is 0 Å². The number of carboxylic acids is 1. The summed E-state index contributed by atoms with van der Waals surface area (Å²) in [5, 5.41) is 17.0. The minimum atomic E-state index is -0.765. The number of nitriles is 1. The molecule has 0 saturated heterocycles. The van der Waals surface area contributed by atoms with E-state index in [2.05, 4.69) is 0 Å². The number of hydrogen-bond acceptors (Lipinski definition) is 2. The smallest absolute Gasteiger partial charge is 0.303 e. The molecule has 0 saturated carbocycles. The van der Waals surface area contributed by atoms with E-state index < -0.39 is 5.97 Å². The molecule has 0 bridgehead atoms. The van der Waals surface area contributed by atoms with Crippen molar-refractivity contribution in [3.05, 3.63) is 35.4 Å². The molecule has 0 amide bonds. The summed E-state index contributed by atoms with van der Waals surface area (Å²) < 4.78 is 0. The van der Waals surface area contributed by atoms with Gasteiger partial charge in [0.25, 0.3) is 0 Å². The second kappa shape index (κ2) is 5.03. The van der Waals surface area contributed by atoms with Crippen LogP contribution >= 0.6 is 0 Å². The molecule has 0 aliphatic rings. The molecule has 1 rings (SSSR count). The molecule has 0 fully saturated rings. The average Bonchev–Trinajstić information content (AvgIpc) is 2.18. The van der Waals surface area contributed by atoms with Crippen molar-refractivity contribution in [3.8, 4) is 6.07 Å². The average molecular weight is 189 g/mol. The molecule has 1 aromatic rings. The number of aryl methyl sites for hydroxylation is 1. The van der Waals surface area contributed by atoms with Gasteiger partial charge in [-0.1, -0.05) is 12.1 Å². The Bertz CT molecular complexity index is 349. The highest BCUT2D eigenvalue weighted by atomic mass is 16.4. The highest BCUT2D eigenvalue weighted by molar-refractivity contribution is 5.66. The molecule has 0 unspecified atom stereocenters. The highest BCUT2D eigenvalue weighted by Gasteiger charge is 1.98. The molecule has 1 aromatic carbocycles. The predicted molar refractivity (Wildman–Crippen MR) is 51.7 cm³/mol. The summed E-state index contributed by atoms with van der Waals surface area (Å²) in [6.07, 6.45) is 1.58. The van der Waals surface area contributed by atoms with Gasteiger partial charge in [0.05, 0.1) is 11.6 Å². The Labute approximate surface area is 82.6 Å².